The second-order valence-electron chi connectivity index (χ2n) is 4.39. The quantitative estimate of drug-likeness (QED) is 0.785. The number of thiophene rings is 1. The maximum atomic E-state index is 12.1. The van der Waals surface area contributed by atoms with Gasteiger partial charge in [0.05, 0.1) is 10.6 Å². The Morgan fingerprint density at radius 3 is 2.80 bits per heavy atom. The zero-order valence-corrected chi connectivity index (χ0v) is 11.6. The maximum absolute atomic E-state index is 12.1. The largest absolute Gasteiger partial charge is 0.351 e. The van der Waals surface area contributed by atoms with E-state index >= 15 is 0 Å². The van der Waals surface area contributed by atoms with Gasteiger partial charge in [0.2, 0.25) is 0 Å². The second kappa shape index (κ2) is 4.83. The molecule has 0 radical (unpaired) electrons. The third-order valence-electron chi connectivity index (χ3n) is 3.15. The van der Waals surface area contributed by atoms with E-state index in [9.17, 15) is 10.1 Å². The Kier molecular flexibility index (Phi) is 3.01. The van der Waals surface area contributed by atoms with E-state index in [0.29, 0.717) is 5.56 Å². The molecule has 3 aromatic heterocycles. The molecule has 5 heteroatoms. The topological polar surface area (TPSA) is 61.6 Å². The van der Waals surface area contributed by atoms with Crippen LogP contribution in [0.5, 0.6) is 0 Å². The fourth-order valence-electron chi connectivity index (χ4n) is 2.18. The lowest BCUT2D eigenvalue weighted by Gasteiger charge is -2.07. The highest BCUT2D eigenvalue weighted by Crippen LogP contribution is 2.28. The Labute approximate surface area is 119 Å². The number of hydrogen-bond donors (Lipinski definition) is 1. The zero-order chi connectivity index (χ0) is 14.1. The molecule has 4 nitrogen and oxygen atoms in total. The first-order valence-electron chi connectivity index (χ1n) is 6.03. The lowest BCUT2D eigenvalue weighted by Crippen LogP contribution is -2.13. The molecule has 20 heavy (non-hydrogen) atoms. The summed E-state index contributed by atoms with van der Waals surface area (Å²) in [6.07, 6.45) is 1.89. The van der Waals surface area contributed by atoms with Crippen LogP contribution in [0.4, 0.5) is 0 Å². The highest BCUT2D eigenvalue weighted by Gasteiger charge is 2.14. The van der Waals surface area contributed by atoms with E-state index in [2.05, 4.69) is 4.98 Å². The first-order chi connectivity index (χ1) is 9.70. The van der Waals surface area contributed by atoms with Gasteiger partial charge in [-0.05, 0) is 29.6 Å². The van der Waals surface area contributed by atoms with Crippen molar-refractivity contribution in [2.75, 3.05) is 0 Å². The van der Waals surface area contributed by atoms with Crippen LogP contribution in [0.15, 0.2) is 46.7 Å². The number of aromatic nitrogens is 2. The SMILES string of the molecule is Cn1cccc1-c1cc(-c2cccs2)[nH]c(=O)c1C#N. The zero-order valence-electron chi connectivity index (χ0n) is 10.8. The van der Waals surface area contributed by atoms with Crippen molar-refractivity contribution in [3.05, 3.63) is 57.8 Å². The summed E-state index contributed by atoms with van der Waals surface area (Å²) in [6, 6.07) is 11.5. The van der Waals surface area contributed by atoms with Crippen molar-refractivity contribution >= 4 is 11.3 Å². The fraction of sp³-hybridized carbons (Fsp3) is 0.0667. The van der Waals surface area contributed by atoms with Gasteiger partial charge in [-0.1, -0.05) is 6.07 Å². The van der Waals surface area contributed by atoms with E-state index in [1.165, 1.54) is 0 Å². The summed E-state index contributed by atoms with van der Waals surface area (Å²) < 4.78 is 1.90. The molecular formula is C15H11N3OS. The number of hydrogen-bond acceptors (Lipinski definition) is 3. The van der Waals surface area contributed by atoms with Crippen LogP contribution in [-0.4, -0.2) is 9.55 Å². The van der Waals surface area contributed by atoms with Crippen molar-refractivity contribution < 1.29 is 0 Å². The van der Waals surface area contributed by atoms with Crippen LogP contribution >= 0.6 is 11.3 Å². The molecule has 0 fully saturated rings. The maximum Gasteiger partial charge on any atom is 0.267 e. The van der Waals surface area contributed by atoms with E-state index in [1.54, 1.807) is 11.3 Å². The summed E-state index contributed by atoms with van der Waals surface area (Å²) in [7, 11) is 1.89. The smallest absolute Gasteiger partial charge is 0.267 e. The molecule has 0 aliphatic rings. The van der Waals surface area contributed by atoms with Crippen molar-refractivity contribution in [3.63, 3.8) is 0 Å². The number of aromatic amines is 1. The lowest BCUT2D eigenvalue weighted by atomic mass is 10.1. The van der Waals surface area contributed by atoms with Gasteiger partial charge in [-0.15, -0.1) is 11.3 Å². The summed E-state index contributed by atoms with van der Waals surface area (Å²) >= 11 is 1.55. The number of nitrogens with zero attached hydrogens (tertiary/aromatic N) is 2. The molecule has 0 atom stereocenters. The third kappa shape index (κ3) is 1.96. The molecule has 98 valence electrons. The molecule has 0 amide bonds. The van der Waals surface area contributed by atoms with Crippen molar-refractivity contribution in [1.82, 2.24) is 9.55 Å². The molecule has 0 spiro atoms. The molecule has 3 aromatic rings. The highest BCUT2D eigenvalue weighted by molar-refractivity contribution is 7.13. The van der Waals surface area contributed by atoms with Gasteiger partial charge in [0.1, 0.15) is 11.6 Å². The number of rotatable bonds is 2. The summed E-state index contributed by atoms with van der Waals surface area (Å²) in [5.41, 5.74) is 2.04. The number of H-pyrrole nitrogens is 1. The Bertz CT molecular complexity index is 850. The van der Waals surface area contributed by atoms with Gasteiger partial charge in [0.25, 0.3) is 5.56 Å². The molecule has 0 saturated heterocycles. The first kappa shape index (κ1) is 12.5. The van der Waals surface area contributed by atoms with Gasteiger partial charge in [-0.25, -0.2) is 0 Å². The monoisotopic (exact) mass is 281 g/mol. The summed E-state index contributed by atoms with van der Waals surface area (Å²) in [4.78, 5) is 15.9. The second-order valence-corrected chi connectivity index (χ2v) is 5.34. The Morgan fingerprint density at radius 2 is 2.20 bits per heavy atom. The molecule has 3 rings (SSSR count). The van der Waals surface area contributed by atoms with Crippen LogP contribution in [0.25, 0.3) is 21.8 Å². The van der Waals surface area contributed by atoms with Gasteiger partial charge in [-0.2, -0.15) is 5.26 Å². The summed E-state index contributed by atoms with van der Waals surface area (Å²) in [5, 5.41) is 11.2. The normalized spacial score (nSPS) is 10.4. The summed E-state index contributed by atoms with van der Waals surface area (Å²) in [6.45, 7) is 0. The minimum Gasteiger partial charge on any atom is -0.351 e. The molecule has 0 aliphatic heterocycles. The third-order valence-corrected chi connectivity index (χ3v) is 4.05. The first-order valence-corrected chi connectivity index (χ1v) is 6.91. The van der Waals surface area contributed by atoms with Crippen LogP contribution < -0.4 is 5.56 Å². The molecule has 0 bridgehead atoms. The predicted octanol–water partition coefficient (Wildman–Crippen LogP) is 2.98. The minimum absolute atomic E-state index is 0.145. The van der Waals surface area contributed by atoms with Crippen molar-refractivity contribution in [2.45, 2.75) is 0 Å². The molecule has 0 aromatic carbocycles. The highest BCUT2D eigenvalue weighted by atomic mass is 32.1. The Balaban J connectivity index is 2.30. The number of nitriles is 1. The van der Waals surface area contributed by atoms with Crippen LogP contribution in [0.1, 0.15) is 5.56 Å². The van der Waals surface area contributed by atoms with E-state index in [-0.39, 0.29) is 11.1 Å². The molecule has 1 N–H and O–H groups in total. The van der Waals surface area contributed by atoms with Gasteiger partial charge < -0.3 is 9.55 Å². The van der Waals surface area contributed by atoms with Gasteiger partial charge in [0.15, 0.2) is 0 Å². The fourth-order valence-corrected chi connectivity index (χ4v) is 2.88. The standard InChI is InChI=1S/C15H11N3OS/c1-18-6-2-4-13(18)10-8-12(14-5-3-7-20-14)17-15(19)11(10)9-16/h2-8H,1H3,(H,17,19). The van der Waals surface area contributed by atoms with E-state index in [1.807, 2.05) is 59.6 Å². The predicted molar refractivity (Wildman–Crippen MR) is 79.5 cm³/mol. The molecule has 0 aliphatic carbocycles. The van der Waals surface area contributed by atoms with Crippen molar-refractivity contribution in [2.24, 2.45) is 7.05 Å². The van der Waals surface area contributed by atoms with Gasteiger partial charge >= 0.3 is 0 Å². The lowest BCUT2D eigenvalue weighted by molar-refractivity contribution is 0.935. The number of pyridine rings is 1. The van der Waals surface area contributed by atoms with Crippen LogP contribution in [-0.2, 0) is 7.05 Å². The van der Waals surface area contributed by atoms with E-state index < -0.39 is 0 Å². The van der Waals surface area contributed by atoms with Crippen LogP contribution in [0, 0.1) is 11.3 Å². The molecular weight excluding hydrogens is 270 g/mol. The Hall–Kier alpha value is -2.58. The average Bonchev–Trinajstić information content (AvgIpc) is 3.08. The van der Waals surface area contributed by atoms with E-state index in [4.69, 9.17) is 0 Å². The van der Waals surface area contributed by atoms with Crippen molar-refractivity contribution in [3.8, 4) is 27.9 Å². The molecule has 0 saturated carbocycles. The van der Waals surface area contributed by atoms with Crippen LogP contribution in [0.2, 0.25) is 0 Å². The number of nitrogens with one attached hydrogen (secondary N) is 1. The summed E-state index contributed by atoms with van der Waals surface area (Å²) in [5.74, 6) is 0. The van der Waals surface area contributed by atoms with E-state index in [0.717, 1.165) is 16.3 Å². The average molecular weight is 281 g/mol. The van der Waals surface area contributed by atoms with Gasteiger partial charge in [-0.3, -0.25) is 4.79 Å². The Morgan fingerprint density at radius 1 is 1.35 bits per heavy atom. The van der Waals surface area contributed by atoms with Gasteiger partial charge in [0, 0.05) is 24.5 Å². The van der Waals surface area contributed by atoms with Crippen molar-refractivity contribution in [1.29, 1.82) is 5.26 Å². The molecule has 0 unspecified atom stereocenters. The number of aryl methyl sites for hydroxylation is 1. The minimum atomic E-state index is -0.352. The molecule has 3 heterocycles. The van der Waals surface area contributed by atoms with Crippen LogP contribution in [0.3, 0.4) is 0 Å².